The number of nitrogens with one attached hydrogen (secondary N) is 1. The van der Waals surface area contributed by atoms with Gasteiger partial charge in [-0.3, -0.25) is 4.79 Å². The fraction of sp³-hybridized carbons (Fsp3) is 0.429. The zero-order valence-electron chi connectivity index (χ0n) is 20.1. The molecule has 1 unspecified atom stereocenters. The third kappa shape index (κ3) is 7.21. The van der Waals surface area contributed by atoms with Crippen LogP contribution in [0.15, 0.2) is 61.2 Å². The van der Waals surface area contributed by atoms with Crippen LogP contribution in [-0.4, -0.2) is 28.6 Å². The maximum atomic E-state index is 11.2. The van der Waals surface area contributed by atoms with Gasteiger partial charge in [-0.15, -0.1) is 0 Å². The number of carbonyl (C=O) groups is 1. The lowest BCUT2D eigenvalue weighted by Crippen LogP contribution is -2.21. The molecule has 5 heteroatoms. The van der Waals surface area contributed by atoms with Crippen LogP contribution in [-0.2, 0) is 17.8 Å². The van der Waals surface area contributed by atoms with Crippen molar-refractivity contribution in [2.24, 2.45) is 0 Å². The number of rotatable bonds is 14. The van der Waals surface area contributed by atoms with Crippen molar-refractivity contribution >= 4 is 16.9 Å². The Bertz CT molecular complexity index is 1020. The van der Waals surface area contributed by atoms with Crippen LogP contribution in [0.5, 0.6) is 5.75 Å². The summed E-state index contributed by atoms with van der Waals surface area (Å²) in [4.78, 5) is 16.1. The van der Waals surface area contributed by atoms with Crippen molar-refractivity contribution in [1.29, 1.82) is 0 Å². The lowest BCUT2D eigenvalue weighted by Gasteiger charge is -2.12. The largest absolute Gasteiger partial charge is 0.494 e. The summed E-state index contributed by atoms with van der Waals surface area (Å²) >= 11 is 0. The lowest BCUT2D eigenvalue weighted by molar-refractivity contribution is -0.116. The summed E-state index contributed by atoms with van der Waals surface area (Å²) in [6, 6.07) is 16.8. The molecule has 0 aliphatic heterocycles. The smallest absolute Gasteiger partial charge is 0.243 e. The number of hydrogen-bond acceptors (Lipinski definition) is 3. The summed E-state index contributed by atoms with van der Waals surface area (Å²) in [6.45, 7) is 10.2. The van der Waals surface area contributed by atoms with E-state index in [4.69, 9.17) is 9.72 Å². The Hall–Kier alpha value is -3.08. The molecule has 0 bridgehead atoms. The highest BCUT2D eigenvalue weighted by Gasteiger charge is 2.10. The molecule has 1 amide bonds. The average Bonchev–Trinajstić information content (AvgIpc) is 3.20. The zero-order chi connectivity index (χ0) is 23.5. The Labute approximate surface area is 197 Å². The predicted molar refractivity (Wildman–Crippen MR) is 136 cm³/mol. The Morgan fingerprint density at radius 2 is 1.91 bits per heavy atom. The molecule has 1 aromatic heterocycles. The molecule has 0 saturated heterocycles. The molecule has 2 aromatic carbocycles. The molecular formula is C28H37N3O2. The number of imidazole rings is 1. The van der Waals surface area contributed by atoms with Crippen LogP contribution in [0.25, 0.3) is 11.0 Å². The molecule has 0 aliphatic rings. The summed E-state index contributed by atoms with van der Waals surface area (Å²) < 4.78 is 8.34. The average molecular weight is 448 g/mol. The Morgan fingerprint density at radius 3 is 2.67 bits per heavy atom. The second-order valence-corrected chi connectivity index (χ2v) is 8.55. The lowest BCUT2D eigenvalue weighted by atomic mass is 9.99. The SMILES string of the molecule is C=CC(=O)NCCCCCc1nc2ccccc2n1CCCOc1ccc(C(C)CC)cc1. The first kappa shape index (κ1) is 24.6. The number of nitrogens with zero attached hydrogens (tertiary/aromatic N) is 2. The molecule has 5 nitrogen and oxygen atoms in total. The van der Waals surface area contributed by atoms with E-state index < -0.39 is 0 Å². The summed E-state index contributed by atoms with van der Waals surface area (Å²) in [5, 5.41) is 2.83. The van der Waals surface area contributed by atoms with Crippen molar-refractivity contribution in [3.63, 3.8) is 0 Å². The number of para-hydroxylation sites is 2. The minimum Gasteiger partial charge on any atom is -0.494 e. The number of ether oxygens (including phenoxy) is 1. The number of carbonyl (C=O) groups excluding carboxylic acids is 1. The first-order chi connectivity index (χ1) is 16.1. The van der Waals surface area contributed by atoms with Gasteiger partial charge in [0.1, 0.15) is 11.6 Å². The van der Waals surface area contributed by atoms with Crippen molar-refractivity contribution in [2.75, 3.05) is 13.2 Å². The number of amides is 1. The van der Waals surface area contributed by atoms with Crippen LogP contribution >= 0.6 is 0 Å². The highest BCUT2D eigenvalue weighted by Crippen LogP contribution is 2.22. The number of fused-ring (bicyclic) bond motifs is 1. The van der Waals surface area contributed by atoms with Gasteiger partial charge in [-0.05, 0) is 67.5 Å². The van der Waals surface area contributed by atoms with E-state index in [2.05, 4.69) is 72.8 Å². The van der Waals surface area contributed by atoms with Crippen molar-refractivity contribution in [2.45, 2.75) is 64.8 Å². The molecule has 1 atom stereocenters. The van der Waals surface area contributed by atoms with Crippen LogP contribution < -0.4 is 10.1 Å². The van der Waals surface area contributed by atoms with Gasteiger partial charge in [0.25, 0.3) is 0 Å². The van der Waals surface area contributed by atoms with Crippen LogP contribution in [0.2, 0.25) is 0 Å². The van der Waals surface area contributed by atoms with Gasteiger partial charge in [0.15, 0.2) is 0 Å². The first-order valence-electron chi connectivity index (χ1n) is 12.2. The molecule has 0 saturated carbocycles. The summed E-state index contributed by atoms with van der Waals surface area (Å²) in [5.74, 6) is 2.54. The van der Waals surface area contributed by atoms with Crippen LogP contribution in [0, 0.1) is 0 Å². The fourth-order valence-corrected chi connectivity index (χ4v) is 3.98. The van der Waals surface area contributed by atoms with Crippen LogP contribution in [0.3, 0.4) is 0 Å². The van der Waals surface area contributed by atoms with E-state index in [1.54, 1.807) is 0 Å². The normalized spacial score (nSPS) is 11.9. The highest BCUT2D eigenvalue weighted by molar-refractivity contribution is 5.86. The molecule has 0 aliphatic carbocycles. The quantitative estimate of drug-likeness (QED) is 0.242. The first-order valence-corrected chi connectivity index (χ1v) is 12.2. The monoisotopic (exact) mass is 447 g/mol. The summed E-state index contributed by atoms with van der Waals surface area (Å²) in [7, 11) is 0. The third-order valence-corrected chi connectivity index (χ3v) is 6.15. The topological polar surface area (TPSA) is 56.2 Å². The van der Waals surface area contributed by atoms with Gasteiger partial charge in [0.2, 0.25) is 5.91 Å². The van der Waals surface area contributed by atoms with Crippen LogP contribution in [0.4, 0.5) is 0 Å². The Morgan fingerprint density at radius 1 is 1.12 bits per heavy atom. The molecule has 1 heterocycles. The van der Waals surface area contributed by atoms with E-state index >= 15 is 0 Å². The number of unbranched alkanes of at least 4 members (excludes halogenated alkanes) is 2. The van der Waals surface area contributed by atoms with Crippen molar-refractivity contribution in [1.82, 2.24) is 14.9 Å². The van der Waals surface area contributed by atoms with Gasteiger partial charge in [-0.2, -0.15) is 0 Å². The second kappa shape index (κ2) is 12.8. The summed E-state index contributed by atoms with van der Waals surface area (Å²) in [5.41, 5.74) is 3.60. The van der Waals surface area contributed by atoms with Crippen molar-refractivity contribution < 1.29 is 9.53 Å². The number of aryl methyl sites for hydroxylation is 2. The van der Waals surface area contributed by atoms with E-state index in [9.17, 15) is 4.79 Å². The highest BCUT2D eigenvalue weighted by atomic mass is 16.5. The van der Waals surface area contributed by atoms with E-state index in [0.717, 1.165) is 62.2 Å². The maximum Gasteiger partial charge on any atom is 0.243 e. The van der Waals surface area contributed by atoms with E-state index in [1.807, 2.05) is 6.07 Å². The van der Waals surface area contributed by atoms with E-state index in [1.165, 1.54) is 17.2 Å². The fourth-order valence-electron chi connectivity index (χ4n) is 3.98. The number of benzene rings is 2. The Balaban J connectivity index is 1.50. The van der Waals surface area contributed by atoms with E-state index in [0.29, 0.717) is 19.1 Å². The minimum atomic E-state index is -0.106. The van der Waals surface area contributed by atoms with Crippen LogP contribution in [0.1, 0.15) is 63.3 Å². The molecule has 3 rings (SSSR count). The molecule has 1 N–H and O–H groups in total. The predicted octanol–water partition coefficient (Wildman–Crippen LogP) is 6.03. The minimum absolute atomic E-state index is 0.106. The van der Waals surface area contributed by atoms with Gasteiger partial charge in [-0.25, -0.2) is 4.98 Å². The molecule has 0 fully saturated rings. The number of aromatic nitrogens is 2. The molecule has 0 radical (unpaired) electrons. The van der Waals surface area contributed by atoms with Crippen molar-refractivity contribution in [3.8, 4) is 5.75 Å². The van der Waals surface area contributed by atoms with Gasteiger partial charge >= 0.3 is 0 Å². The van der Waals surface area contributed by atoms with Gasteiger partial charge in [-0.1, -0.05) is 51.1 Å². The zero-order valence-corrected chi connectivity index (χ0v) is 20.1. The Kier molecular flexibility index (Phi) is 9.55. The summed E-state index contributed by atoms with van der Waals surface area (Å²) in [6.07, 6.45) is 7.38. The number of hydrogen-bond donors (Lipinski definition) is 1. The third-order valence-electron chi connectivity index (χ3n) is 6.15. The van der Waals surface area contributed by atoms with E-state index in [-0.39, 0.29) is 5.91 Å². The molecule has 176 valence electrons. The van der Waals surface area contributed by atoms with Gasteiger partial charge in [0.05, 0.1) is 17.6 Å². The standard InChI is InChI=1S/C28H37N3O2/c1-4-22(3)23-15-17-24(18-16-23)33-21-11-20-31-26-13-9-8-12-25(26)30-27(31)14-7-6-10-19-29-28(32)5-2/h5,8-9,12-13,15-18,22H,2,4,6-7,10-11,14,19-21H2,1,3H3,(H,29,32). The van der Waals surface area contributed by atoms with Gasteiger partial charge in [0, 0.05) is 19.5 Å². The van der Waals surface area contributed by atoms with Gasteiger partial charge < -0.3 is 14.6 Å². The molecule has 33 heavy (non-hydrogen) atoms. The molecule has 0 spiro atoms. The molecule has 3 aromatic rings. The maximum absolute atomic E-state index is 11.2. The molecular weight excluding hydrogens is 410 g/mol. The second-order valence-electron chi connectivity index (χ2n) is 8.55. The van der Waals surface area contributed by atoms with Crippen molar-refractivity contribution in [3.05, 3.63) is 72.6 Å².